The summed E-state index contributed by atoms with van der Waals surface area (Å²) in [5.41, 5.74) is 6.09. The smallest absolute Gasteiger partial charge is 0.307 e. The Morgan fingerprint density at radius 3 is 2.27 bits per heavy atom. The Morgan fingerprint density at radius 2 is 1.70 bits per heavy atom. The maximum atomic E-state index is 11.4. The number of methoxy groups -OCH3 is 1. The molecule has 0 fully saturated rings. The highest BCUT2D eigenvalue weighted by Gasteiger charge is 2.30. The Hall–Kier alpha value is -3.55. The van der Waals surface area contributed by atoms with Gasteiger partial charge >= 0.3 is 5.97 Å². The van der Waals surface area contributed by atoms with Gasteiger partial charge in [0.05, 0.1) is 22.5 Å². The van der Waals surface area contributed by atoms with Crippen molar-refractivity contribution in [2.45, 2.75) is 33.1 Å². The van der Waals surface area contributed by atoms with Crippen molar-refractivity contribution in [3.8, 4) is 5.75 Å². The summed E-state index contributed by atoms with van der Waals surface area (Å²) in [4.78, 5) is 13.5. The standard InChI is InChI=1S/C37H39Br2NO4/c1-23(2)28-15-16-33(44-37-31(38)18-25(19-32(37)39)20-35(41)42)29(21-34(28)43-6)36(27-14-10-11-24(3)17-27)30(22-40(4)5)26-12-8-7-9-13-26/h7-19,21-23,28,36H,20H2,1-6H3,(H,41,42)/b30-22+. The third-order valence-electron chi connectivity index (χ3n) is 7.45. The van der Waals surface area contributed by atoms with Crippen LogP contribution in [0.25, 0.3) is 5.57 Å². The number of rotatable bonds is 11. The molecule has 4 rings (SSSR count). The number of hydrogen-bond donors (Lipinski definition) is 1. The maximum Gasteiger partial charge on any atom is 0.307 e. The second-order valence-corrected chi connectivity index (χ2v) is 13.2. The van der Waals surface area contributed by atoms with E-state index in [4.69, 9.17) is 9.47 Å². The van der Waals surface area contributed by atoms with Gasteiger partial charge in [0.1, 0.15) is 11.5 Å². The molecule has 44 heavy (non-hydrogen) atoms. The maximum absolute atomic E-state index is 11.4. The van der Waals surface area contributed by atoms with Gasteiger partial charge < -0.3 is 19.5 Å². The van der Waals surface area contributed by atoms with Crippen molar-refractivity contribution in [2.75, 3.05) is 21.2 Å². The number of aliphatic carboxylic acids is 1. The number of allylic oxidation sites excluding steroid dienone is 5. The van der Waals surface area contributed by atoms with E-state index in [0.29, 0.717) is 26.0 Å². The molecule has 0 aliphatic heterocycles. The van der Waals surface area contributed by atoms with E-state index in [9.17, 15) is 9.90 Å². The molecule has 230 valence electrons. The van der Waals surface area contributed by atoms with Crippen LogP contribution in [0.3, 0.4) is 0 Å². The van der Waals surface area contributed by atoms with Crippen molar-refractivity contribution in [1.29, 1.82) is 0 Å². The zero-order chi connectivity index (χ0) is 32.0. The molecule has 0 spiro atoms. The highest BCUT2D eigenvalue weighted by atomic mass is 79.9. The first kappa shape index (κ1) is 33.3. The molecule has 0 bridgehead atoms. The molecule has 0 amide bonds. The van der Waals surface area contributed by atoms with E-state index >= 15 is 0 Å². The zero-order valence-corrected chi connectivity index (χ0v) is 29.1. The molecule has 3 aromatic carbocycles. The second-order valence-electron chi connectivity index (χ2n) is 11.5. The highest BCUT2D eigenvalue weighted by Crippen LogP contribution is 2.45. The van der Waals surface area contributed by atoms with Crippen molar-refractivity contribution in [3.63, 3.8) is 0 Å². The average Bonchev–Trinajstić information content (AvgIpc) is 3.14. The SMILES string of the molecule is COC1=CC(C(/C(=C/N(C)C)c2ccccc2)c2cccc(C)c2)=C(Oc2c(Br)cc(CC(=O)O)cc2Br)C=CC1C(C)C. The number of benzene rings is 3. The van der Waals surface area contributed by atoms with Gasteiger partial charge in [0.2, 0.25) is 0 Å². The number of ether oxygens (including phenoxy) is 2. The fourth-order valence-corrected chi connectivity index (χ4v) is 6.91. The fourth-order valence-electron chi connectivity index (χ4n) is 5.46. The van der Waals surface area contributed by atoms with E-state index in [-0.39, 0.29) is 24.2 Å². The summed E-state index contributed by atoms with van der Waals surface area (Å²) in [6.45, 7) is 6.47. The molecule has 2 unspecified atom stereocenters. The van der Waals surface area contributed by atoms with E-state index in [0.717, 1.165) is 33.6 Å². The van der Waals surface area contributed by atoms with Crippen molar-refractivity contribution in [2.24, 2.45) is 11.8 Å². The average molecular weight is 722 g/mol. The van der Waals surface area contributed by atoms with Gasteiger partial charge in [0, 0.05) is 37.7 Å². The number of hydrogen-bond acceptors (Lipinski definition) is 4. The van der Waals surface area contributed by atoms with Gasteiger partial charge in [0.15, 0.2) is 5.75 Å². The molecule has 1 aliphatic rings. The van der Waals surface area contributed by atoms with Gasteiger partial charge in [-0.25, -0.2) is 0 Å². The molecule has 7 heteroatoms. The largest absolute Gasteiger partial charge is 0.500 e. The Morgan fingerprint density at radius 1 is 1.02 bits per heavy atom. The van der Waals surface area contributed by atoms with Crippen LogP contribution < -0.4 is 4.74 Å². The Balaban J connectivity index is 2.05. The molecular weight excluding hydrogens is 682 g/mol. The third kappa shape index (κ3) is 8.13. The topological polar surface area (TPSA) is 59.0 Å². The number of carbonyl (C=O) groups is 1. The monoisotopic (exact) mass is 719 g/mol. The number of halogens is 2. The van der Waals surface area contributed by atoms with E-state index in [1.54, 1.807) is 19.2 Å². The lowest BCUT2D eigenvalue weighted by Crippen LogP contribution is -2.14. The first-order valence-corrected chi connectivity index (χ1v) is 16.1. The van der Waals surface area contributed by atoms with Crippen LogP contribution in [0.15, 0.2) is 117 Å². The van der Waals surface area contributed by atoms with Crippen LogP contribution in [0.1, 0.15) is 42.0 Å². The summed E-state index contributed by atoms with van der Waals surface area (Å²) in [5.74, 6) is 1.30. The summed E-state index contributed by atoms with van der Waals surface area (Å²) in [6.07, 6.45) is 8.42. The van der Waals surface area contributed by atoms with Gasteiger partial charge in [-0.2, -0.15) is 0 Å². The predicted octanol–water partition coefficient (Wildman–Crippen LogP) is 9.54. The predicted molar refractivity (Wildman–Crippen MR) is 185 cm³/mol. The van der Waals surface area contributed by atoms with Crippen LogP contribution >= 0.6 is 31.9 Å². The first-order valence-electron chi connectivity index (χ1n) is 14.5. The molecule has 0 radical (unpaired) electrons. The van der Waals surface area contributed by atoms with Gasteiger partial charge in [0.25, 0.3) is 0 Å². The second kappa shape index (κ2) is 15.0. The van der Waals surface area contributed by atoms with Gasteiger partial charge in [-0.3, -0.25) is 4.79 Å². The minimum atomic E-state index is -0.895. The third-order valence-corrected chi connectivity index (χ3v) is 8.63. The number of carboxylic acid groups (broad SMARTS) is 1. The summed E-state index contributed by atoms with van der Waals surface area (Å²) in [6, 6.07) is 22.6. The molecule has 0 heterocycles. The van der Waals surface area contributed by atoms with Crippen LogP contribution in [-0.2, 0) is 16.0 Å². The summed E-state index contributed by atoms with van der Waals surface area (Å²) in [7, 11) is 5.79. The van der Waals surface area contributed by atoms with Crippen LogP contribution in [0, 0.1) is 18.8 Å². The first-order chi connectivity index (χ1) is 21.0. The normalized spacial score (nSPS) is 16.0. The number of carboxylic acids is 1. The number of nitrogens with zero attached hydrogens (tertiary/aromatic N) is 1. The summed E-state index contributed by atoms with van der Waals surface area (Å²) < 4.78 is 14.2. The molecule has 2 atom stereocenters. The molecule has 3 aromatic rings. The van der Waals surface area contributed by atoms with E-state index in [1.807, 2.05) is 26.2 Å². The van der Waals surface area contributed by atoms with Gasteiger partial charge in [-0.15, -0.1) is 0 Å². The molecule has 0 saturated carbocycles. The fraction of sp³-hybridized carbons (Fsp3) is 0.270. The van der Waals surface area contributed by atoms with Crippen LogP contribution in [0.4, 0.5) is 0 Å². The molecule has 5 nitrogen and oxygen atoms in total. The van der Waals surface area contributed by atoms with Gasteiger partial charge in [-0.1, -0.05) is 80.1 Å². The van der Waals surface area contributed by atoms with E-state index in [1.165, 1.54) is 0 Å². The minimum absolute atomic E-state index is 0.0390. The van der Waals surface area contributed by atoms with Crippen LogP contribution in [0.5, 0.6) is 5.75 Å². The van der Waals surface area contributed by atoms with Crippen LogP contribution in [-0.4, -0.2) is 37.2 Å². The minimum Gasteiger partial charge on any atom is -0.500 e. The molecule has 0 saturated heterocycles. The molecule has 1 N–H and O–H groups in total. The van der Waals surface area contributed by atoms with Crippen molar-refractivity contribution >= 4 is 43.4 Å². The Kier molecular flexibility index (Phi) is 11.3. The highest BCUT2D eigenvalue weighted by molar-refractivity contribution is 9.11. The Bertz CT molecular complexity index is 1600. The molecule has 1 aliphatic carbocycles. The molecular formula is C37H39Br2NO4. The Labute approximate surface area is 277 Å². The van der Waals surface area contributed by atoms with Crippen LogP contribution in [0.2, 0.25) is 0 Å². The quantitative estimate of drug-likeness (QED) is 0.214. The van der Waals surface area contributed by atoms with E-state index in [2.05, 4.69) is 124 Å². The summed E-state index contributed by atoms with van der Waals surface area (Å²) in [5, 5.41) is 9.35. The lowest BCUT2D eigenvalue weighted by molar-refractivity contribution is -0.136. The van der Waals surface area contributed by atoms with Crippen molar-refractivity contribution in [1.82, 2.24) is 4.90 Å². The van der Waals surface area contributed by atoms with Gasteiger partial charge in [-0.05, 0) is 91.2 Å². The molecule has 0 aromatic heterocycles. The zero-order valence-electron chi connectivity index (χ0n) is 26.0. The van der Waals surface area contributed by atoms with E-state index < -0.39 is 5.97 Å². The summed E-state index contributed by atoms with van der Waals surface area (Å²) >= 11 is 7.30. The lowest BCUT2D eigenvalue weighted by Gasteiger charge is -2.27. The number of aryl methyl sites for hydroxylation is 1. The van der Waals surface area contributed by atoms with Crippen molar-refractivity contribution < 1.29 is 19.4 Å². The van der Waals surface area contributed by atoms with Crippen molar-refractivity contribution in [3.05, 3.63) is 139 Å². The lowest BCUT2D eigenvalue weighted by atomic mass is 9.80.